The van der Waals surface area contributed by atoms with Gasteiger partial charge in [0.05, 0.1) is 19.0 Å². The molecular formula is C8H14N2O. The molecule has 3 heteroatoms. The predicted molar refractivity (Wildman–Crippen MR) is 43.4 cm³/mol. The summed E-state index contributed by atoms with van der Waals surface area (Å²) in [5.41, 5.74) is 1.13. The molecule has 0 atom stereocenters. The molecule has 0 aliphatic rings. The second kappa shape index (κ2) is 4.13. The van der Waals surface area contributed by atoms with Crippen LogP contribution in [0.4, 0.5) is 0 Å². The molecule has 1 aromatic rings. The molecule has 3 nitrogen and oxygen atoms in total. The lowest BCUT2D eigenvalue weighted by Crippen LogP contribution is -2.05. The summed E-state index contributed by atoms with van der Waals surface area (Å²) in [6.45, 7) is 4.83. The summed E-state index contributed by atoms with van der Waals surface area (Å²) >= 11 is 0. The zero-order chi connectivity index (χ0) is 8.10. The van der Waals surface area contributed by atoms with Crippen molar-refractivity contribution in [3.8, 4) is 0 Å². The van der Waals surface area contributed by atoms with E-state index in [1.54, 1.807) is 6.33 Å². The second-order valence-electron chi connectivity index (χ2n) is 2.75. The number of hydrogen-bond acceptors (Lipinski definition) is 2. The van der Waals surface area contributed by atoms with Gasteiger partial charge in [-0.3, -0.25) is 0 Å². The van der Waals surface area contributed by atoms with E-state index in [4.69, 9.17) is 4.74 Å². The number of nitrogens with zero attached hydrogens (tertiary/aromatic N) is 1. The molecule has 1 N–H and O–H groups in total. The average molecular weight is 154 g/mol. The van der Waals surface area contributed by atoms with Crippen molar-refractivity contribution in [3.63, 3.8) is 0 Å². The number of hydrogen-bond donors (Lipinski definition) is 1. The van der Waals surface area contributed by atoms with E-state index in [1.807, 2.05) is 20.0 Å². The molecule has 0 unspecified atom stereocenters. The Bertz CT molecular complexity index is 182. The summed E-state index contributed by atoms with van der Waals surface area (Å²) in [5.74, 6) is 0. The largest absolute Gasteiger partial charge is 0.378 e. The number of aromatic nitrogens is 2. The molecule has 1 heterocycles. The summed E-state index contributed by atoms with van der Waals surface area (Å²) < 4.78 is 5.37. The zero-order valence-electron chi connectivity index (χ0n) is 7.00. The zero-order valence-corrected chi connectivity index (χ0v) is 7.00. The number of nitrogens with one attached hydrogen (secondary N) is 1. The standard InChI is InChI=1S/C8H14N2O/c1-7(2)11-4-3-8-5-9-6-10-8/h5-7H,3-4H2,1-2H3,(H,9,10). The van der Waals surface area contributed by atoms with Gasteiger partial charge in [0.15, 0.2) is 0 Å². The Morgan fingerprint density at radius 1 is 1.64 bits per heavy atom. The molecule has 0 aromatic carbocycles. The van der Waals surface area contributed by atoms with Crippen LogP contribution in [-0.2, 0) is 11.2 Å². The molecule has 11 heavy (non-hydrogen) atoms. The summed E-state index contributed by atoms with van der Waals surface area (Å²) in [6.07, 6.45) is 4.74. The normalized spacial score (nSPS) is 10.8. The molecule has 1 aromatic heterocycles. The molecule has 0 saturated heterocycles. The van der Waals surface area contributed by atoms with Gasteiger partial charge in [0.2, 0.25) is 0 Å². The third-order valence-corrected chi connectivity index (χ3v) is 1.38. The topological polar surface area (TPSA) is 37.9 Å². The molecule has 0 aliphatic heterocycles. The van der Waals surface area contributed by atoms with Crippen LogP contribution in [0.2, 0.25) is 0 Å². The summed E-state index contributed by atoms with van der Waals surface area (Å²) in [7, 11) is 0. The monoisotopic (exact) mass is 154 g/mol. The van der Waals surface area contributed by atoms with Crippen LogP contribution in [0.3, 0.4) is 0 Å². The second-order valence-corrected chi connectivity index (χ2v) is 2.75. The van der Waals surface area contributed by atoms with Crippen molar-refractivity contribution in [1.82, 2.24) is 9.97 Å². The fourth-order valence-corrected chi connectivity index (χ4v) is 0.826. The Morgan fingerprint density at radius 3 is 3.00 bits per heavy atom. The van der Waals surface area contributed by atoms with E-state index < -0.39 is 0 Å². The summed E-state index contributed by atoms with van der Waals surface area (Å²) in [4.78, 5) is 6.93. The lowest BCUT2D eigenvalue weighted by Gasteiger charge is -2.05. The molecular weight excluding hydrogens is 140 g/mol. The van der Waals surface area contributed by atoms with Crippen molar-refractivity contribution >= 4 is 0 Å². The lowest BCUT2D eigenvalue weighted by atomic mass is 10.3. The molecule has 0 bridgehead atoms. The average Bonchev–Trinajstić information content (AvgIpc) is 2.39. The van der Waals surface area contributed by atoms with E-state index in [2.05, 4.69) is 9.97 Å². The maximum Gasteiger partial charge on any atom is 0.0921 e. The first-order chi connectivity index (χ1) is 5.29. The van der Waals surface area contributed by atoms with Crippen LogP contribution in [0.25, 0.3) is 0 Å². The van der Waals surface area contributed by atoms with Crippen molar-refractivity contribution < 1.29 is 4.74 Å². The molecule has 0 spiro atoms. The van der Waals surface area contributed by atoms with Crippen LogP contribution in [-0.4, -0.2) is 22.7 Å². The lowest BCUT2D eigenvalue weighted by molar-refractivity contribution is 0.0809. The van der Waals surface area contributed by atoms with E-state index in [0.717, 1.165) is 18.7 Å². The van der Waals surface area contributed by atoms with E-state index >= 15 is 0 Å². The number of rotatable bonds is 4. The first-order valence-corrected chi connectivity index (χ1v) is 3.88. The number of aromatic amines is 1. The van der Waals surface area contributed by atoms with Crippen molar-refractivity contribution in [2.24, 2.45) is 0 Å². The first kappa shape index (κ1) is 8.27. The van der Waals surface area contributed by atoms with Crippen molar-refractivity contribution in [2.45, 2.75) is 26.4 Å². The molecule has 0 amide bonds. The van der Waals surface area contributed by atoms with Crippen molar-refractivity contribution in [2.75, 3.05) is 6.61 Å². The van der Waals surface area contributed by atoms with Crippen LogP contribution in [0, 0.1) is 0 Å². The van der Waals surface area contributed by atoms with Gasteiger partial charge in [-0.05, 0) is 13.8 Å². The van der Waals surface area contributed by atoms with Gasteiger partial charge in [0.25, 0.3) is 0 Å². The van der Waals surface area contributed by atoms with Gasteiger partial charge in [-0.15, -0.1) is 0 Å². The van der Waals surface area contributed by atoms with Crippen molar-refractivity contribution in [3.05, 3.63) is 18.2 Å². The Hall–Kier alpha value is -0.830. The van der Waals surface area contributed by atoms with Crippen LogP contribution in [0.1, 0.15) is 19.5 Å². The highest BCUT2D eigenvalue weighted by atomic mass is 16.5. The van der Waals surface area contributed by atoms with Gasteiger partial charge in [0.1, 0.15) is 0 Å². The van der Waals surface area contributed by atoms with Gasteiger partial charge in [-0.25, -0.2) is 4.98 Å². The fourth-order valence-electron chi connectivity index (χ4n) is 0.826. The van der Waals surface area contributed by atoms with Gasteiger partial charge in [-0.2, -0.15) is 0 Å². The Morgan fingerprint density at radius 2 is 2.45 bits per heavy atom. The maximum absolute atomic E-state index is 5.37. The minimum atomic E-state index is 0.318. The molecule has 1 rings (SSSR count). The van der Waals surface area contributed by atoms with Crippen LogP contribution in [0.5, 0.6) is 0 Å². The van der Waals surface area contributed by atoms with Crippen LogP contribution in [0.15, 0.2) is 12.5 Å². The quantitative estimate of drug-likeness (QED) is 0.711. The van der Waals surface area contributed by atoms with E-state index in [1.165, 1.54) is 0 Å². The molecule has 0 saturated carbocycles. The SMILES string of the molecule is CC(C)OCCc1cnc[nH]1. The van der Waals surface area contributed by atoms with Crippen LogP contribution >= 0.6 is 0 Å². The Balaban J connectivity index is 2.14. The third-order valence-electron chi connectivity index (χ3n) is 1.38. The molecule has 0 fully saturated rings. The fraction of sp³-hybridized carbons (Fsp3) is 0.625. The Kier molecular flexibility index (Phi) is 3.11. The van der Waals surface area contributed by atoms with Gasteiger partial charge < -0.3 is 9.72 Å². The summed E-state index contributed by atoms with van der Waals surface area (Å²) in [6, 6.07) is 0. The summed E-state index contributed by atoms with van der Waals surface area (Å²) in [5, 5.41) is 0. The Labute approximate surface area is 66.8 Å². The maximum atomic E-state index is 5.37. The van der Waals surface area contributed by atoms with E-state index in [9.17, 15) is 0 Å². The predicted octanol–water partition coefficient (Wildman–Crippen LogP) is 1.38. The van der Waals surface area contributed by atoms with Gasteiger partial charge >= 0.3 is 0 Å². The first-order valence-electron chi connectivity index (χ1n) is 3.88. The molecule has 0 radical (unpaired) electrons. The van der Waals surface area contributed by atoms with Gasteiger partial charge in [0, 0.05) is 18.3 Å². The minimum Gasteiger partial charge on any atom is -0.378 e. The highest BCUT2D eigenvalue weighted by Crippen LogP contribution is 1.95. The van der Waals surface area contributed by atoms with Gasteiger partial charge in [-0.1, -0.05) is 0 Å². The smallest absolute Gasteiger partial charge is 0.0921 e. The highest BCUT2D eigenvalue weighted by molar-refractivity contribution is 4.93. The highest BCUT2D eigenvalue weighted by Gasteiger charge is 1.95. The number of imidazole rings is 1. The van der Waals surface area contributed by atoms with Crippen LogP contribution < -0.4 is 0 Å². The number of H-pyrrole nitrogens is 1. The van der Waals surface area contributed by atoms with E-state index in [0.29, 0.717) is 6.10 Å². The number of ether oxygens (including phenoxy) is 1. The molecule has 62 valence electrons. The van der Waals surface area contributed by atoms with Crippen molar-refractivity contribution in [1.29, 1.82) is 0 Å². The minimum absolute atomic E-state index is 0.318. The van der Waals surface area contributed by atoms with E-state index in [-0.39, 0.29) is 0 Å². The molecule has 0 aliphatic carbocycles. The third kappa shape index (κ3) is 3.18.